The van der Waals surface area contributed by atoms with E-state index in [2.05, 4.69) is 5.32 Å². The molecule has 0 spiro atoms. The molecule has 4 rings (SSSR count). The summed E-state index contributed by atoms with van der Waals surface area (Å²) in [6.07, 6.45) is 2.07. The molecule has 1 N–H and O–H groups in total. The van der Waals surface area contributed by atoms with E-state index >= 15 is 0 Å². The van der Waals surface area contributed by atoms with E-state index in [1.54, 1.807) is 36.4 Å². The van der Waals surface area contributed by atoms with Gasteiger partial charge in [-0.1, -0.05) is 24.3 Å². The lowest BCUT2D eigenvalue weighted by Gasteiger charge is -2.24. The van der Waals surface area contributed by atoms with Gasteiger partial charge in [0.2, 0.25) is 11.8 Å². The van der Waals surface area contributed by atoms with E-state index < -0.39 is 11.9 Å². The Morgan fingerprint density at radius 3 is 2.79 bits per heavy atom. The fraction of sp³-hybridized carbons (Fsp3) is 0.273. The predicted molar refractivity (Wildman–Crippen MR) is 103 cm³/mol. The quantitative estimate of drug-likeness (QED) is 0.622. The number of hydrogen-bond acceptors (Lipinski definition) is 5. The SMILES string of the molecule is O=Cc1cccc(COc2cccc3c2CN([C@H]2CCCC(=O)NC2=O)C3=O)c1. The van der Waals surface area contributed by atoms with Crippen molar-refractivity contribution in [3.8, 4) is 5.75 Å². The molecule has 3 amide bonds. The van der Waals surface area contributed by atoms with Gasteiger partial charge in [-0.2, -0.15) is 0 Å². The van der Waals surface area contributed by atoms with Gasteiger partial charge in [0.1, 0.15) is 24.7 Å². The van der Waals surface area contributed by atoms with Crippen molar-refractivity contribution in [2.24, 2.45) is 0 Å². The Labute approximate surface area is 167 Å². The first-order valence-electron chi connectivity index (χ1n) is 9.50. The molecule has 1 atom stereocenters. The average Bonchev–Trinajstić information content (AvgIpc) is 2.96. The monoisotopic (exact) mass is 392 g/mol. The molecule has 2 heterocycles. The highest BCUT2D eigenvalue weighted by molar-refractivity contribution is 6.04. The minimum atomic E-state index is -0.668. The van der Waals surface area contributed by atoms with Gasteiger partial charge in [0.05, 0.1) is 6.54 Å². The fourth-order valence-corrected chi connectivity index (χ4v) is 3.80. The Kier molecular flexibility index (Phi) is 5.12. The molecule has 2 aliphatic rings. The van der Waals surface area contributed by atoms with Gasteiger partial charge in [-0.25, -0.2) is 0 Å². The zero-order chi connectivity index (χ0) is 20.4. The number of rotatable bonds is 5. The third kappa shape index (κ3) is 3.76. The van der Waals surface area contributed by atoms with Crippen molar-refractivity contribution in [1.29, 1.82) is 0 Å². The van der Waals surface area contributed by atoms with Gasteiger partial charge in [-0.15, -0.1) is 0 Å². The van der Waals surface area contributed by atoms with Crippen molar-refractivity contribution in [3.63, 3.8) is 0 Å². The van der Waals surface area contributed by atoms with Crippen LogP contribution in [0, 0.1) is 0 Å². The summed E-state index contributed by atoms with van der Waals surface area (Å²) in [7, 11) is 0. The van der Waals surface area contributed by atoms with Gasteiger partial charge in [-0.05, 0) is 36.6 Å². The van der Waals surface area contributed by atoms with Gasteiger partial charge in [-0.3, -0.25) is 24.5 Å². The number of fused-ring (bicyclic) bond motifs is 1. The van der Waals surface area contributed by atoms with Crippen LogP contribution in [0.3, 0.4) is 0 Å². The van der Waals surface area contributed by atoms with E-state index in [9.17, 15) is 19.2 Å². The number of benzene rings is 2. The normalized spacial score (nSPS) is 18.8. The first-order chi connectivity index (χ1) is 14.1. The zero-order valence-corrected chi connectivity index (χ0v) is 15.7. The van der Waals surface area contributed by atoms with E-state index in [0.717, 1.165) is 17.4 Å². The predicted octanol–water partition coefficient (Wildman–Crippen LogP) is 2.23. The van der Waals surface area contributed by atoms with Gasteiger partial charge in [0.15, 0.2) is 0 Å². The minimum Gasteiger partial charge on any atom is -0.489 e. The molecule has 7 heteroatoms. The number of nitrogens with one attached hydrogen (secondary N) is 1. The van der Waals surface area contributed by atoms with Crippen molar-refractivity contribution in [1.82, 2.24) is 10.2 Å². The van der Waals surface area contributed by atoms with Gasteiger partial charge >= 0.3 is 0 Å². The Balaban J connectivity index is 1.54. The highest BCUT2D eigenvalue weighted by Crippen LogP contribution is 2.33. The summed E-state index contributed by atoms with van der Waals surface area (Å²) >= 11 is 0. The third-order valence-electron chi connectivity index (χ3n) is 5.26. The molecule has 2 aromatic carbocycles. The Bertz CT molecular complexity index is 1000. The fourth-order valence-electron chi connectivity index (χ4n) is 3.80. The van der Waals surface area contributed by atoms with Crippen LogP contribution in [-0.4, -0.2) is 34.9 Å². The largest absolute Gasteiger partial charge is 0.489 e. The average molecular weight is 392 g/mol. The van der Waals surface area contributed by atoms with Crippen molar-refractivity contribution in [2.75, 3.05) is 0 Å². The first-order valence-corrected chi connectivity index (χ1v) is 9.50. The van der Waals surface area contributed by atoms with Crippen LogP contribution in [0.1, 0.15) is 51.1 Å². The van der Waals surface area contributed by atoms with Crippen LogP contribution >= 0.6 is 0 Å². The van der Waals surface area contributed by atoms with Gasteiger partial charge in [0, 0.05) is 23.1 Å². The molecular weight excluding hydrogens is 372 g/mol. The van der Waals surface area contributed by atoms with E-state index in [1.807, 2.05) is 6.07 Å². The number of hydrogen-bond donors (Lipinski definition) is 1. The summed E-state index contributed by atoms with van der Waals surface area (Å²) in [6.45, 7) is 0.510. The van der Waals surface area contributed by atoms with Gasteiger partial charge < -0.3 is 9.64 Å². The number of nitrogens with zero attached hydrogens (tertiary/aromatic N) is 1. The molecule has 0 aliphatic carbocycles. The number of carbonyl (C=O) groups excluding carboxylic acids is 4. The Morgan fingerprint density at radius 2 is 1.97 bits per heavy atom. The van der Waals surface area contributed by atoms with E-state index in [0.29, 0.717) is 29.7 Å². The molecule has 2 aromatic rings. The topological polar surface area (TPSA) is 92.8 Å². The molecule has 148 valence electrons. The summed E-state index contributed by atoms with van der Waals surface area (Å²) in [4.78, 5) is 49.3. The van der Waals surface area contributed by atoms with Crippen LogP contribution in [0.15, 0.2) is 42.5 Å². The standard InChI is InChI=1S/C22H20N2O5/c25-12-14-4-1-5-15(10-14)13-29-19-8-2-6-16-17(19)11-24(22(16)28)18-7-3-9-20(26)23-21(18)27/h1-2,4-6,8,10,12,18H,3,7,9,11,13H2,(H,23,26,27)/t18-/m0/s1. The Hall–Kier alpha value is -3.48. The number of carbonyl (C=O) groups is 4. The minimum absolute atomic E-state index is 0.233. The number of ether oxygens (including phenoxy) is 1. The summed E-state index contributed by atoms with van der Waals surface area (Å²) in [5.41, 5.74) is 2.65. The van der Waals surface area contributed by atoms with E-state index in [-0.39, 0.29) is 31.4 Å². The van der Waals surface area contributed by atoms with E-state index in [4.69, 9.17) is 4.74 Å². The molecule has 1 saturated heterocycles. The number of imide groups is 1. The molecule has 2 aliphatic heterocycles. The lowest BCUT2D eigenvalue weighted by Crippen LogP contribution is -2.46. The van der Waals surface area contributed by atoms with Gasteiger partial charge in [0.25, 0.3) is 5.91 Å². The van der Waals surface area contributed by atoms with Crippen LogP contribution in [0.25, 0.3) is 0 Å². The first kappa shape index (κ1) is 18.9. The maximum absolute atomic E-state index is 12.9. The van der Waals surface area contributed by atoms with Crippen molar-refractivity contribution in [3.05, 3.63) is 64.7 Å². The Morgan fingerprint density at radius 1 is 1.14 bits per heavy atom. The number of aldehydes is 1. The van der Waals surface area contributed by atoms with Crippen molar-refractivity contribution in [2.45, 2.75) is 38.5 Å². The summed E-state index contributed by atoms with van der Waals surface area (Å²) < 4.78 is 5.94. The molecular formula is C22H20N2O5. The van der Waals surface area contributed by atoms with Crippen LogP contribution in [0.5, 0.6) is 5.75 Å². The molecule has 0 saturated carbocycles. The second-order valence-electron chi connectivity index (χ2n) is 7.19. The maximum atomic E-state index is 12.9. The smallest absolute Gasteiger partial charge is 0.255 e. The van der Waals surface area contributed by atoms with Crippen molar-refractivity contribution < 1.29 is 23.9 Å². The van der Waals surface area contributed by atoms with Crippen LogP contribution in [-0.2, 0) is 22.7 Å². The molecule has 7 nitrogen and oxygen atoms in total. The lowest BCUT2D eigenvalue weighted by molar-refractivity contribution is -0.132. The second-order valence-corrected chi connectivity index (χ2v) is 7.19. The van der Waals surface area contributed by atoms with Crippen LogP contribution in [0.4, 0.5) is 0 Å². The summed E-state index contributed by atoms with van der Waals surface area (Å²) in [5, 5.41) is 2.36. The summed E-state index contributed by atoms with van der Waals surface area (Å²) in [6, 6.07) is 11.7. The maximum Gasteiger partial charge on any atom is 0.255 e. The van der Waals surface area contributed by atoms with Crippen LogP contribution < -0.4 is 10.1 Å². The molecule has 1 fully saturated rings. The second kappa shape index (κ2) is 7.87. The molecule has 0 unspecified atom stereocenters. The summed E-state index contributed by atoms with van der Waals surface area (Å²) in [5.74, 6) is -0.395. The third-order valence-corrected chi connectivity index (χ3v) is 5.26. The molecule has 0 radical (unpaired) electrons. The van der Waals surface area contributed by atoms with Crippen LogP contribution in [0.2, 0.25) is 0 Å². The lowest BCUT2D eigenvalue weighted by atomic mass is 10.1. The highest BCUT2D eigenvalue weighted by atomic mass is 16.5. The van der Waals surface area contributed by atoms with Crippen molar-refractivity contribution >= 4 is 24.0 Å². The zero-order valence-electron chi connectivity index (χ0n) is 15.7. The van der Waals surface area contributed by atoms with E-state index in [1.165, 1.54) is 4.90 Å². The number of amides is 3. The molecule has 0 aromatic heterocycles. The molecule has 0 bridgehead atoms. The highest BCUT2D eigenvalue weighted by Gasteiger charge is 2.39. The molecule has 29 heavy (non-hydrogen) atoms.